The Bertz CT molecular complexity index is 268. The number of rotatable bonds is 4. The van der Waals surface area contributed by atoms with E-state index in [0.717, 1.165) is 0 Å². The van der Waals surface area contributed by atoms with Crippen LogP contribution in [0.2, 0.25) is 0 Å². The SMILES string of the molecule is C=C/C(C=O)=C\C(=C/C)NC(N)=O.CC. The second-order valence-electron chi connectivity index (χ2n) is 2.20. The van der Waals surface area contributed by atoms with Crippen LogP contribution in [0, 0.1) is 0 Å². The maximum atomic E-state index is 10.5. The summed E-state index contributed by atoms with van der Waals surface area (Å²) in [5, 5.41) is 2.35. The van der Waals surface area contributed by atoms with Gasteiger partial charge in [-0.15, -0.1) is 0 Å². The lowest BCUT2D eigenvalue weighted by Crippen LogP contribution is -2.28. The van der Waals surface area contributed by atoms with Gasteiger partial charge in [-0.2, -0.15) is 0 Å². The number of aldehydes is 1. The fraction of sp³-hybridized carbons (Fsp3) is 0.273. The van der Waals surface area contributed by atoms with Gasteiger partial charge in [0.05, 0.1) is 0 Å². The van der Waals surface area contributed by atoms with Gasteiger partial charge < -0.3 is 11.1 Å². The zero-order valence-corrected chi connectivity index (χ0v) is 9.41. The molecule has 0 saturated carbocycles. The van der Waals surface area contributed by atoms with Gasteiger partial charge in [0.1, 0.15) is 6.29 Å². The average Bonchev–Trinajstić information content (AvgIpc) is 2.26. The predicted molar refractivity (Wildman–Crippen MR) is 62.2 cm³/mol. The van der Waals surface area contributed by atoms with Gasteiger partial charge in [-0.1, -0.05) is 32.6 Å². The summed E-state index contributed by atoms with van der Waals surface area (Å²) in [5.41, 5.74) is 5.74. The third-order valence-corrected chi connectivity index (χ3v) is 1.27. The lowest BCUT2D eigenvalue weighted by molar-refractivity contribution is -0.104. The standard InChI is InChI=1S/C9H12N2O2.C2H6/c1-3-7(6-12)5-8(4-2)11-9(10)13;1-2/h3-6H,1H2,2H3,(H3,10,11,13);1-2H3/b7-5+,8-4+;. The third-order valence-electron chi connectivity index (χ3n) is 1.27. The minimum Gasteiger partial charge on any atom is -0.351 e. The number of allylic oxidation sites excluding steroid dienone is 4. The Morgan fingerprint density at radius 2 is 1.93 bits per heavy atom. The fourth-order valence-electron chi connectivity index (χ4n) is 0.654. The molecule has 0 aliphatic carbocycles. The van der Waals surface area contributed by atoms with Gasteiger partial charge in [0, 0.05) is 11.3 Å². The lowest BCUT2D eigenvalue weighted by Gasteiger charge is -2.01. The van der Waals surface area contributed by atoms with Crippen LogP contribution in [0.5, 0.6) is 0 Å². The number of nitrogens with one attached hydrogen (secondary N) is 1. The zero-order chi connectivity index (χ0) is 12.3. The molecule has 0 unspecified atom stereocenters. The number of amides is 2. The van der Waals surface area contributed by atoms with Crippen LogP contribution in [0.1, 0.15) is 20.8 Å². The lowest BCUT2D eigenvalue weighted by atomic mass is 10.2. The second kappa shape index (κ2) is 10.2. The minimum absolute atomic E-state index is 0.377. The molecule has 0 heterocycles. The van der Waals surface area contributed by atoms with Crippen molar-refractivity contribution in [3.05, 3.63) is 36.1 Å². The molecule has 84 valence electrons. The molecule has 0 rings (SSSR count). The highest BCUT2D eigenvalue weighted by Gasteiger charge is 1.96. The highest BCUT2D eigenvalue weighted by molar-refractivity contribution is 5.79. The molecule has 4 heteroatoms. The molecule has 0 saturated heterocycles. The van der Waals surface area contributed by atoms with Crippen molar-refractivity contribution in [2.24, 2.45) is 5.73 Å². The van der Waals surface area contributed by atoms with E-state index in [-0.39, 0.29) is 0 Å². The number of primary amides is 1. The minimum atomic E-state index is -0.668. The molecule has 0 bridgehead atoms. The summed E-state index contributed by atoms with van der Waals surface area (Å²) >= 11 is 0. The van der Waals surface area contributed by atoms with Crippen molar-refractivity contribution >= 4 is 12.3 Å². The number of nitrogens with two attached hydrogens (primary N) is 1. The van der Waals surface area contributed by atoms with Gasteiger partial charge in [-0.25, -0.2) is 4.79 Å². The maximum absolute atomic E-state index is 10.5. The molecule has 0 aromatic heterocycles. The Labute approximate surface area is 90.5 Å². The summed E-state index contributed by atoms with van der Waals surface area (Å²) in [6.07, 6.45) is 5.13. The van der Waals surface area contributed by atoms with Crippen molar-refractivity contribution in [2.45, 2.75) is 20.8 Å². The monoisotopic (exact) mass is 210 g/mol. The molecular weight excluding hydrogens is 192 g/mol. The first kappa shape index (κ1) is 15.6. The van der Waals surface area contributed by atoms with E-state index in [4.69, 9.17) is 5.73 Å². The van der Waals surface area contributed by atoms with E-state index in [2.05, 4.69) is 11.9 Å². The molecule has 0 aliphatic heterocycles. The molecule has 2 amide bonds. The molecule has 0 fully saturated rings. The van der Waals surface area contributed by atoms with Crippen LogP contribution >= 0.6 is 0 Å². The third kappa shape index (κ3) is 8.49. The Morgan fingerprint density at radius 1 is 1.40 bits per heavy atom. The second-order valence-corrected chi connectivity index (χ2v) is 2.20. The van der Waals surface area contributed by atoms with E-state index < -0.39 is 6.03 Å². The average molecular weight is 210 g/mol. The Balaban J connectivity index is 0. The number of hydrogen-bond acceptors (Lipinski definition) is 2. The quantitative estimate of drug-likeness (QED) is 0.422. The Hall–Kier alpha value is -1.84. The van der Waals surface area contributed by atoms with Crippen LogP contribution in [0.3, 0.4) is 0 Å². The Kier molecular flexibility index (Phi) is 10.7. The van der Waals surface area contributed by atoms with E-state index in [1.165, 1.54) is 12.2 Å². The van der Waals surface area contributed by atoms with Crippen LogP contribution < -0.4 is 11.1 Å². The van der Waals surface area contributed by atoms with Crippen molar-refractivity contribution in [3.63, 3.8) is 0 Å². The predicted octanol–water partition coefficient (Wildman–Crippen LogP) is 1.90. The number of urea groups is 1. The number of carbonyl (C=O) groups is 2. The summed E-state index contributed by atoms with van der Waals surface area (Å²) in [5.74, 6) is 0. The molecule has 4 nitrogen and oxygen atoms in total. The largest absolute Gasteiger partial charge is 0.351 e. The van der Waals surface area contributed by atoms with Gasteiger partial charge in [0.15, 0.2) is 0 Å². The maximum Gasteiger partial charge on any atom is 0.316 e. The topological polar surface area (TPSA) is 72.2 Å². The number of carbonyl (C=O) groups excluding carboxylic acids is 2. The van der Waals surface area contributed by atoms with Gasteiger partial charge in [-0.3, -0.25) is 4.79 Å². The van der Waals surface area contributed by atoms with Crippen LogP contribution in [0.25, 0.3) is 0 Å². The van der Waals surface area contributed by atoms with Gasteiger partial charge in [0.25, 0.3) is 0 Å². The Morgan fingerprint density at radius 3 is 2.20 bits per heavy atom. The first-order valence-corrected chi connectivity index (χ1v) is 4.66. The van der Waals surface area contributed by atoms with Crippen molar-refractivity contribution in [1.29, 1.82) is 0 Å². The molecule has 3 N–H and O–H groups in total. The molecule has 0 aromatic carbocycles. The summed E-state index contributed by atoms with van der Waals surface area (Å²) in [7, 11) is 0. The first-order valence-electron chi connectivity index (χ1n) is 4.66. The molecule has 0 aliphatic rings. The van der Waals surface area contributed by atoms with E-state index in [9.17, 15) is 9.59 Å². The summed E-state index contributed by atoms with van der Waals surface area (Å²) in [6, 6.07) is -0.668. The van der Waals surface area contributed by atoms with E-state index in [1.54, 1.807) is 13.0 Å². The highest BCUT2D eigenvalue weighted by atomic mass is 16.2. The van der Waals surface area contributed by atoms with Crippen LogP contribution in [-0.4, -0.2) is 12.3 Å². The fourth-order valence-corrected chi connectivity index (χ4v) is 0.654. The van der Waals surface area contributed by atoms with Crippen LogP contribution in [-0.2, 0) is 4.79 Å². The molecular formula is C11H18N2O2. The van der Waals surface area contributed by atoms with Crippen LogP contribution in [0.4, 0.5) is 4.79 Å². The number of hydrogen-bond donors (Lipinski definition) is 2. The van der Waals surface area contributed by atoms with Gasteiger partial charge in [-0.05, 0) is 13.0 Å². The van der Waals surface area contributed by atoms with Crippen LogP contribution in [0.15, 0.2) is 36.1 Å². The first-order chi connectivity index (χ1) is 7.13. The normalized spacial score (nSPS) is 10.9. The zero-order valence-electron chi connectivity index (χ0n) is 9.41. The summed E-state index contributed by atoms with van der Waals surface area (Å²) in [6.45, 7) is 9.14. The van der Waals surface area contributed by atoms with Gasteiger partial charge >= 0.3 is 6.03 Å². The van der Waals surface area contributed by atoms with Crippen molar-refractivity contribution < 1.29 is 9.59 Å². The molecule has 0 aromatic rings. The smallest absolute Gasteiger partial charge is 0.316 e. The summed E-state index contributed by atoms with van der Waals surface area (Å²) < 4.78 is 0. The van der Waals surface area contributed by atoms with E-state index >= 15 is 0 Å². The van der Waals surface area contributed by atoms with Gasteiger partial charge in [0.2, 0.25) is 0 Å². The van der Waals surface area contributed by atoms with Crippen molar-refractivity contribution in [3.8, 4) is 0 Å². The molecule has 15 heavy (non-hydrogen) atoms. The molecule has 0 radical (unpaired) electrons. The van der Waals surface area contributed by atoms with E-state index in [0.29, 0.717) is 17.6 Å². The van der Waals surface area contributed by atoms with Crippen molar-refractivity contribution in [2.75, 3.05) is 0 Å². The highest BCUT2D eigenvalue weighted by Crippen LogP contribution is 1.98. The molecule has 0 atom stereocenters. The van der Waals surface area contributed by atoms with E-state index in [1.807, 2.05) is 13.8 Å². The summed E-state index contributed by atoms with van der Waals surface area (Å²) in [4.78, 5) is 20.8. The molecule has 0 spiro atoms. The van der Waals surface area contributed by atoms with Crippen molar-refractivity contribution in [1.82, 2.24) is 5.32 Å².